The Morgan fingerprint density at radius 1 is 1.24 bits per heavy atom. The van der Waals surface area contributed by atoms with Crippen LogP contribution in [0.3, 0.4) is 0 Å². The topological polar surface area (TPSA) is 70.8 Å². The molecule has 0 aliphatic carbocycles. The maximum atomic E-state index is 12.5. The molecule has 1 amide bonds. The summed E-state index contributed by atoms with van der Waals surface area (Å²) in [6, 6.07) is 6.69. The highest BCUT2D eigenvalue weighted by molar-refractivity contribution is 7.11. The molecule has 0 saturated heterocycles. The number of nitrogens with zero attached hydrogens (tertiary/aromatic N) is 1. The molecule has 1 N–H and O–H groups in total. The number of furan rings is 1. The predicted octanol–water partition coefficient (Wildman–Crippen LogP) is 3.40. The Bertz CT molecular complexity index is 656. The van der Waals surface area contributed by atoms with E-state index in [1.54, 1.807) is 16.2 Å². The van der Waals surface area contributed by atoms with E-state index in [9.17, 15) is 9.59 Å². The fraction of sp³-hybridized carbons (Fsp3) is 0.333. The molecule has 21 heavy (non-hydrogen) atoms. The Balaban J connectivity index is 2.20. The van der Waals surface area contributed by atoms with Gasteiger partial charge in [0.25, 0.3) is 5.91 Å². The number of carboxylic acid groups (broad SMARTS) is 1. The quantitative estimate of drug-likeness (QED) is 0.919. The van der Waals surface area contributed by atoms with Crippen molar-refractivity contribution in [2.75, 3.05) is 0 Å². The molecule has 0 atom stereocenters. The van der Waals surface area contributed by atoms with E-state index in [2.05, 4.69) is 0 Å². The number of aromatic carboxylic acids is 1. The van der Waals surface area contributed by atoms with Gasteiger partial charge in [0.15, 0.2) is 5.76 Å². The Labute approximate surface area is 126 Å². The molecule has 2 rings (SSSR count). The Kier molecular flexibility index (Phi) is 4.47. The van der Waals surface area contributed by atoms with Gasteiger partial charge in [0.05, 0.1) is 6.54 Å². The highest BCUT2D eigenvalue weighted by atomic mass is 32.1. The number of hydrogen-bond acceptors (Lipinski definition) is 4. The molecule has 0 aliphatic rings. The van der Waals surface area contributed by atoms with Gasteiger partial charge in [-0.2, -0.15) is 0 Å². The maximum Gasteiger partial charge on any atom is 0.371 e. The molecule has 2 heterocycles. The summed E-state index contributed by atoms with van der Waals surface area (Å²) in [5.74, 6) is -1.66. The van der Waals surface area contributed by atoms with Gasteiger partial charge >= 0.3 is 5.97 Å². The lowest BCUT2D eigenvalue weighted by atomic mass is 10.2. The van der Waals surface area contributed by atoms with Crippen molar-refractivity contribution in [3.63, 3.8) is 0 Å². The Morgan fingerprint density at radius 2 is 1.90 bits per heavy atom. The molecule has 0 radical (unpaired) electrons. The molecule has 0 fully saturated rings. The van der Waals surface area contributed by atoms with Crippen LogP contribution in [-0.4, -0.2) is 27.9 Å². The summed E-state index contributed by atoms with van der Waals surface area (Å²) < 4.78 is 5.09. The van der Waals surface area contributed by atoms with E-state index in [4.69, 9.17) is 9.52 Å². The van der Waals surface area contributed by atoms with Crippen LogP contribution >= 0.6 is 11.3 Å². The Morgan fingerprint density at radius 3 is 2.38 bits per heavy atom. The average molecular weight is 307 g/mol. The molecule has 0 aromatic carbocycles. The summed E-state index contributed by atoms with van der Waals surface area (Å²) >= 11 is 1.64. The lowest BCUT2D eigenvalue weighted by Gasteiger charge is -2.25. The minimum atomic E-state index is -1.18. The second-order valence-electron chi connectivity index (χ2n) is 5.01. The van der Waals surface area contributed by atoms with Crippen LogP contribution in [0, 0.1) is 6.92 Å². The predicted molar refractivity (Wildman–Crippen MR) is 79.7 cm³/mol. The van der Waals surface area contributed by atoms with E-state index >= 15 is 0 Å². The molecule has 0 aliphatic heterocycles. The average Bonchev–Trinajstić information content (AvgIpc) is 3.03. The van der Waals surface area contributed by atoms with Crippen molar-refractivity contribution >= 4 is 23.2 Å². The minimum absolute atomic E-state index is 0.0155. The van der Waals surface area contributed by atoms with E-state index in [-0.39, 0.29) is 23.5 Å². The number of thiophene rings is 1. The summed E-state index contributed by atoms with van der Waals surface area (Å²) in [6.07, 6.45) is 0. The Hall–Kier alpha value is -2.08. The lowest BCUT2D eigenvalue weighted by Crippen LogP contribution is -2.35. The third kappa shape index (κ3) is 3.52. The first-order valence-electron chi connectivity index (χ1n) is 6.58. The highest BCUT2D eigenvalue weighted by Crippen LogP contribution is 2.20. The highest BCUT2D eigenvalue weighted by Gasteiger charge is 2.23. The fourth-order valence-electron chi connectivity index (χ4n) is 1.94. The number of carboxylic acids is 1. The molecule has 112 valence electrons. The van der Waals surface area contributed by atoms with Gasteiger partial charge in [-0.15, -0.1) is 11.3 Å². The monoisotopic (exact) mass is 307 g/mol. The smallest absolute Gasteiger partial charge is 0.371 e. The van der Waals surface area contributed by atoms with Crippen LogP contribution in [0.2, 0.25) is 0 Å². The lowest BCUT2D eigenvalue weighted by molar-refractivity contribution is 0.0630. The van der Waals surface area contributed by atoms with Crippen molar-refractivity contribution in [3.05, 3.63) is 45.5 Å². The minimum Gasteiger partial charge on any atom is -0.475 e. The SMILES string of the molecule is Cc1ccc(CN(C(=O)c2ccc(C(=O)O)o2)C(C)C)s1. The largest absolute Gasteiger partial charge is 0.475 e. The first-order valence-corrected chi connectivity index (χ1v) is 7.39. The van der Waals surface area contributed by atoms with Gasteiger partial charge < -0.3 is 14.4 Å². The van der Waals surface area contributed by atoms with Crippen molar-refractivity contribution in [1.82, 2.24) is 4.90 Å². The molecular formula is C15H17NO4S. The van der Waals surface area contributed by atoms with Gasteiger partial charge in [-0.1, -0.05) is 0 Å². The van der Waals surface area contributed by atoms with Gasteiger partial charge in [0.1, 0.15) is 0 Å². The van der Waals surface area contributed by atoms with E-state index in [1.807, 2.05) is 32.9 Å². The van der Waals surface area contributed by atoms with Crippen molar-refractivity contribution in [2.24, 2.45) is 0 Å². The van der Waals surface area contributed by atoms with Crippen molar-refractivity contribution in [3.8, 4) is 0 Å². The standard InChI is InChI=1S/C15H17NO4S/c1-9(2)16(8-11-5-4-10(3)21-11)14(17)12-6-7-13(20-12)15(18)19/h4-7,9H,8H2,1-3H3,(H,18,19). The number of carbonyl (C=O) groups excluding carboxylic acids is 1. The molecule has 2 aromatic heterocycles. The van der Waals surface area contributed by atoms with Crippen LogP contribution in [0.15, 0.2) is 28.7 Å². The normalized spacial score (nSPS) is 10.9. The zero-order chi connectivity index (χ0) is 15.6. The van der Waals surface area contributed by atoms with Gasteiger partial charge in [0, 0.05) is 15.8 Å². The molecule has 0 bridgehead atoms. The van der Waals surface area contributed by atoms with Crippen LogP contribution in [-0.2, 0) is 6.54 Å². The number of amides is 1. The summed E-state index contributed by atoms with van der Waals surface area (Å²) in [6.45, 7) is 6.33. The molecular weight excluding hydrogens is 290 g/mol. The van der Waals surface area contributed by atoms with Crippen LogP contribution in [0.25, 0.3) is 0 Å². The summed E-state index contributed by atoms with van der Waals surface area (Å²) in [4.78, 5) is 27.2. The molecule has 2 aromatic rings. The van der Waals surface area contributed by atoms with Crippen LogP contribution in [0.4, 0.5) is 0 Å². The van der Waals surface area contributed by atoms with Crippen LogP contribution < -0.4 is 0 Å². The zero-order valence-electron chi connectivity index (χ0n) is 12.1. The third-order valence-corrected chi connectivity index (χ3v) is 4.02. The first kappa shape index (κ1) is 15.3. The third-order valence-electron chi connectivity index (χ3n) is 3.03. The number of aryl methyl sites for hydroxylation is 1. The molecule has 0 saturated carbocycles. The second kappa shape index (κ2) is 6.13. The zero-order valence-corrected chi connectivity index (χ0v) is 12.9. The van der Waals surface area contributed by atoms with Crippen LogP contribution in [0.1, 0.15) is 44.7 Å². The molecule has 5 nitrogen and oxygen atoms in total. The summed E-state index contributed by atoms with van der Waals surface area (Å²) in [5, 5.41) is 8.85. The number of rotatable bonds is 5. The summed E-state index contributed by atoms with van der Waals surface area (Å²) in [7, 11) is 0. The van der Waals surface area contributed by atoms with E-state index in [0.717, 1.165) is 4.88 Å². The van der Waals surface area contributed by atoms with E-state index < -0.39 is 5.97 Å². The van der Waals surface area contributed by atoms with Gasteiger partial charge in [-0.25, -0.2) is 4.79 Å². The van der Waals surface area contributed by atoms with Crippen LogP contribution in [0.5, 0.6) is 0 Å². The number of carbonyl (C=O) groups is 2. The maximum absolute atomic E-state index is 12.5. The second-order valence-corrected chi connectivity index (χ2v) is 6.38. The van der Waals surface area contributed by atoms with Gasteiger partial charge in [-0.05, 0) is 45.0 Å². The van der Waals surface area contributed by atoms with Crippen molar-refractivity contribution in [2.45, 2.75) is 33.4 Å². The summed E-state index contributed by atoms with van der Waals surface area (Å²) in [5.41, 5.74) is 0. The van der Waals surface area contributed by atoms with Gasteiger partial charge in [-0.3, -0.25) is 4.79 Å². The van der Waals surface area contributed by atoms with E-state index in [1.165, 1.54) is 17.0 Å². The van der Waals surface area contributed by atoms with Gasteiger partial charge in [0.2, 0.25) is 5.76 Å². The number of hydrogen-bond donors (Lipinski definition) is 1. The molecule has 0 spiro atoms. The molecule has 0 unspecified atom stereocenters. The van der Waals surface area contributed by atoms with Crippen molar-refractivity contribution in [1.29, 1.82) is 0 Å². The van der Waals surface area contributed by atoms with Crippen molar-refractivity contribution < 1.29 is 19.1 Å². The first-order chi connectivity index (χ1) is 9.88. The van der Waals surface area contributed by atoms with E-state index in [0.29, 0.717) is 6.54 Å². The fourth-order valence-corrected chi connectivity index (χ4v) is 2.83. The molecule has 6 heteroatoms.